The van der Waals surface area contributed by atoms with E-state index in [2.05, 4.69) is 0 Å². The zero-order valence-corrected chi connectivity index (χ0v) is 9.69. The number of nitrogens with two attached hydrogens (primary N) is 1. The summed E-state index contributed by atoms with van der Waals surface area (Å²) in [5, 5.41) is 8.88. The van der Waals surface area contributed by atoms with Crippen LogP contribution in [0, 0.1) is 5.92 Å². The summed E-state index contributed by atoms with van der Waals surface area (Å²) in [7, 11) is 0. The van der Waals surface area contributed by atoms with Gasteiger partial charge in [-0.15, -0.1) is 0 Å². The summed E-state index contributed by atoms with van der Waals surface area (Å²) in [6.07, 6.45) is 2.91. The maximum atomic E-state index is 11.6. The van der Waals surface area contributed by atoms with Gasteiger partial charge in [-0.05, 0) is 27.2 Å². The molecule has 2 atom stereocenters. The molecule has 0 amide bonds. The molecule has 0 saturated carbocycles. The van der Waals surface area contributed by atoms with Gasteiger partial charge in [-0.3, -0.25) is 4.79 Å². The quantitative estimate of drug-likeness (QED) is 0.535. The van der Waals surface area contributed by atoms with Gasteiger partial charge >= 0.3 is 11.9 Å². The number of hydrogen-bond donors (Lipinski definition) is 2. The van der Waals surface area contributed by atoms with E-state index in [9.17, 15) is 9.59 Å². The SMILES string of the molecule is CC(C)(C)OC(=O)[C@H]1C=C[C@@](N)(C(=O)O)C1. The average molecular weight is 227 g/mol. The Balaban J connectivity index is 2.65. The monoisotopic (exact) mass is 227 g/mol. The van der Waals surface area contributed by atoms with E-state index >= 15 is 0 Å². The van der Waals surface area contributed by atoms with E-state index in [1.165, 1.54) is 12.2 Å². The van der Waals surface area contributed by atoms with E-state index in [0.717, 1.165) is 0 Å². The smallest absolute Gasteiger partial charge is 0.327 e. The van der Waals surface area contributed by atoms with Crippen LogP contribution in [0.1, 0.15) is 27.2 Å². The first-order valence-electron chi connectivity index (χ1n) is 5.08. The first-order chi connectivity index (χ1) is 7.14. The lowest BCUT2D eigenvalue weighted by molar-refractivity contribution is -0.158. The normalized spacial score (nSPS) is 29.1. The Morgan fingerprint density at radius 2 is 2.06 bits per heavy atom. The maximum Gasteiger partial charge on any atom is 0.327 e. The number of carboxylic acid groups (broad SMARTS) is 1. The summed E-state index contributed by atoms with van der Waals surface area (Å²) in [4.78, 5) is 22.5. The molecule has 90 valence electrons. The van der Waals surface area contributed by atoms with Crippen molar-refractivity contribution in [3.63, 3.8) is 0 Å². The van der Waals surface area contributed by atoms with Crippen LogP contribution in [0.4, 0.5) is 0 Å². The third-order valence-electron chi connectivity index (χ3n) is 2.29. The summed E-state index contributed by atoms with van der Waals surface area (Å²) in [5.74, 6) is -2.13. The Morgan fingerprint density at radius 1 is 1.50 bits per heavy atom. The minimum absolute atomic E-state index is 0.0528. The molecule has 0 saturated heterocycles. The number of esters is 1. The summed E-state index contributed by atoms with van der Waals surface area (Å²) < 4.78 is 5.16. The molecule has 0 radical (unpaired) electrons. The molecule has 5 heteroatoms. The number of carbonyl (C=O) groups excluding carboxylic acids is 1. The van der Waals surface area contributed by atoms with E-state index in [-0.39, 0.29) is 6.42 Å². The van der Waals surface area contributed by atoms with Gasteiger partial charge in [-0.1, -0.05) is 12.2 Å². The van der Waals surface area contributed by atoms with E-state index in [1.807, 2.05) is 0 Å². The van der Waals surface area contributed by atoms with Crippen LogP contribution >= 0.6 is 0 Å². The summed E-state index contributed by atoms with van der Waals surface area (Å²) in [6, 6.07) is 0. The predicted molar refractivity (Wildman–Crippen MR) is 57.6 cm³/mol. The van der Waals surface area contributed by atoms with Gasteiger partial charge in [0.25, 0.3) is 0 Å². The third-order valence-corrected chi connectivity index (χ3v) is 2.29. The zero-order chi connectivity index (χ0) is 12.6. The first kappa shape index (κ1) is 12.7. The van der Waals surface area contributed by atoms with Crippen LogP contribution in [0.2, 0.25) is 0 Å². The van der Waals surface area contributed by atoms with Crippen molar-refractivity contribution in [3.8, 4) is 0 Å². The Labute approximate surface area is 94.3 Å². The van der Waals surface area contributed by atoms with Gasteiger partial charge < -0.3 is 15.6 Å². The summed E-state index contributed by atoms with van der Waals surface area (Å²) >= 11 is 0. The van der Waals surface area contributed by atoms with Crippen molar-refractivity contribution in [2.45, 2.75) is 38.3 Å². The molecule has 1 aliphatic carbocycles. The van der Waals surface area contributed by atoms with Crippen LogP contribution in [0.3, 0.4) is 0 Å². The zero-order valence-electron chi connectivity index (χ0n) is 9.69. The lowest BCUT2D eigenvalue weighted by atomic mass is 9.96. The molecule has 0 heterocycles. The second-order valence-electron chi connectivity index (χ2n) is 5.05. The van der Waals surface area contributed by atoms with Gasteiger partial charge in [0.15, 0.2) is 0 Å². The molecule has 0 spiro atoms. The van der Waals surface area contributed by atoms with Crippen molar-refractivity contribution in [2.75, 3.05) is 0 Å². The van der Waals surface area contributed by atoms with Crippen LogP contribution in [-0.2, 0) is 14.3 Å². The number of hydrogen-bond acceptors (Lipinski definition) is 4. The largest absolute Gasteiger partial charge is 0.480 e. The van der Waals surface area contributed by atoms with Gasteiger partial charge in [0.2, 0.25) is 0 Å². The summed E-state index contributed by atoms with van der Waals surface area (Å²) in [6.45, 7) is 5.28. The molecule has 5 nitrogen and oxygen atoms in total. The van der Waals surface area contributed by atoms with Crippen molar-refractivity contribution in [1.82, 2.24) is 0 Å². The highest BCUT2D eigenvalue weighted by Crippen LogP contribution is 2.28. The molecular weight excluding hydrogens is 210 g/mol. The van der Waals surface area contributed by atoms with E-state index in [0.29, 0.717) is 0 Å². The number of aliphatic carboxylic acids is 1. The van der Waals surface area contributed by atoms with E-state index in [4.69, 9.17) is 15.6 Å². The van der Waals surface area contributed by atoms with Gasteiger partial charge in [0, 0.05) is 0 Å². The molecule has 0 aromatic heterocycles. The van der Waals surface area contributed by atoms with Crippen LogP contribution in [0.5, 0.6) is 0 Å². The van der Waals surface area contributed by atoms with Crippen molar-refractivity contribution < 1.29 is 19.4 Å². The molecule has 1 rings (SSSR count). The number of rotatable bonds is 2. The fourth-order valence-electron chi connectivity index (χ4n) is 1.49. The maximum absolute atomic E-state index is 11.6. The van der Waals surface area contributed by atoms with Crippen LogP contribution in [0.15, 0.2) is 12.2 Å². The topological polar surface area (TPSA) is 89.6 Å². The third kappa shape index (κ3) is 2.82. The lowest BCUT2D eigenvalue weighted by Crippen LogP contribution is -2.45. The molecule has 0 unspecified atom stereocenters. The van der Waals surface area contributed by atoms with Crippen molar-refractivity contribution in [2.24, 2.45) is 11.7 Å². The van der Waals surface area contributed by atoms with Crippen molar-refractivity contribution in [1.29, 1.82) is 0 Å². The fourth-order valence-corrected chi connectivity index (χ4v) is 1.49. The molecule has 1 aliphatic rings. The highest BCUT2D eigenvalue weighted by molar-refractivity contribution is 5.85. The minimum atomic E-state index is -1.44. The van der Waals surface area contributed by atoms with Gasteiger partial charge in [-0.2, -0.15) is 0 Å². The molecule has 0 aliphatic heterocycles. The van der Waals surface area contributed by atoms with Crippen molar-refractivity contribution >= 4 is 11.9 Å². The molecule has 0 aromatic rings. The second kappa shape index (κ2) is 3.90. The number of carbonyl (C=O) groups is 2. The predicted octanol–water partition coefficient (Wildman–Crippen LogP) is 0.686. The molecular formula is C11H17NO4. The lowest BCUT2D eigenvalue weighted by Gasteiger charge is -2.23. The van der Waals surface area contributed by atoms with Gasteiger partial charge in [-0.25, -0.2) is 4.79 Å². The molecule has 0 bridgehead atoms. The molecule has 3 N–H and O–H groups in total. The van der Waals surface area contributed by atoms with Gasteiger partial charge in [0.05, 0.1) is 5.92 Å². The Kier molecular flexibility index (Phi) is 3.10. The van der Waals surface area contributed by atoms with E-state index in [1.54, 1.807) is 20.8 Å². The highest BCUT2D eigenvalue weighted by Gasteiger charge is 2.41. The van der Waals surface area contributed by atoms with Crippen LogP contribution in [0.25, 0.3) is 0 Å². The average Bonchev–Trinajstić information content (AvgIpc) is 2.46. The van der Waals surface area contributed by atoms with E-state index < -0.39 is 29.0 Å². The Hall–Kier alpha value is -1.36. The summed E-state index contributed by atoms with van der Waals surface area (Å²) in [5.41, 5.74) is 3.58. The fraction of sp³-hybridized carbons (Fsp3) is 0.636. The Bertz CT molecular complexity index is 342. The van der Waals surface area contributed by atoms with Gasteiger partial charge in [0.1, 0.15) is 11.1 Å². The Morgan fingerprint density at radius 3 is 2.44 bits per heavy atom. The molecule has 0 aromatic carbocycles. The molecule has 16 heavy (non-hydrogen) atoms. The number of carboxylic acids is 1. The molecule has 0 fully saturated rings. The van der Waals surface area contributed by atoms with Crippen molar-refractivity contribution in [3.05, 3.63) is 12.2 Å². The number of ether oxygens (including phenoxy) is 1. The second-order valence-corrected chi connectivity index (χ2v) is 5.05. The standard InChI is InChI=1S/C11H17NO4/c1-10(2,3)16-8(13)7-4-5-11(12,6-7)9(14)15/h4-5,7H,6,12H2,1-3H3,(H,14,15)/t7-,11-/m0/s1. The highest BCUT2D eigenvalue weighted by atomic mass is 16.6. The van der Waals surface area contributed by atoms with Crippen LogP contribution in [-0.4, -0.2) is 28.2 Å². The van der Waals surface area contributed by atoms with Crippen LogP contribution < -0.4 is 5.73 Å². The minimum Gasteiger partial charge on any atom is -0.480 e. The first-order valence-corrected chi connectivity index (χ1v) is 5.08.